The Morgan fingerprint density at radius 2 is 1.31 bits per heavy atom. The predicted molar refractivity (Wildman–Crippen MR) is 154 cm³/mol. The Morgan fingerprint density at radius 3 is 2.00 bits per heavy atom. The molecule has 2 N–H and O–H groups in total. The molecule has 0 unspecified atom stereocenters. The molecule has 1 heterocycles. The Labute approximate surface area is 225 Å². The van der Waals surface area contributed by atoms with E-state index in [1.807, 2.05) is 97.1 Å². The molecule has 0 aliphatic heterocycles. The van der Waals surface area contributed by atoms with Crippen LogP contribution < -0.4 is 5.32 Å². The first-order valence-corrected chi connectivity index (χ1v) is 12.7. The maximum Gasteiger partial charge on any atom is 0.129 e. The quantitative estimate of drug-likeness (QED) is 0.166. The molecule has 5 aromatic carbocycles. The molecule has 0 spiro atoms. The second-order valence-electron chi connectivity index (χ2n) is 9.40. The van der Waals surface area contributed by atoms with Crippen molar-refractivity contribution in [2.24, 2.45) is 0 Å². The van der Waals surface area contributed by atoms with Crippen LogP contribution in [0.25, 0.3) is 23.1 Å². The predicted octanol–water partition coefficient (Wildman–Crippen LogP) is 8.42. The lowest BCUT2D eigenvalue weighted by Gasteiger charge is -2.38. The summed E-state index contributed by atoms with van der Waals surface area (Å²) in [6.07, 6.45) is 5.58. The van der Waals surface area contributed by atoms with Crippen LogP contribution >= 0.6 is 0 Å². The van der Waals surface area contributed by atoms with Crippen molar-refractivity contribution in [3.63, 3.8) is 0 Å². The molecule has 0 atom stereocenters. The van der Waals surface area contributed by atoms with E-state index in [0.29, 0.717) is 5.56 Å². The summed E-state index contributed by atoms with van der Waals surface area (Å²) in [5, 5.41) is 11.8. The third-order valence-electron chi connectivity index (χ3n) is 6.92. The van der Waals surface area contributed by atoms with Gasteiger partial charge in [0.15, 0.2) is 0 Å². The second-order valence-corrected chi connectivity index (χ2v) is 9.40. The fraction of sp³-hybridized carbons (Fsp3) is 0.0294. The number of rotatable bonds is 7. The third-order valence-corrected chi connectivity index (χ3v) is 6.92. The van der Waals surface area contributed by atoms with E-state index >= 15 is 4.39 Å². The Kier molecular flexibility index (Phi) is 6.47. The van der Waals surface area contributed by atoms with Crippen LogP contribution in [0.3, 0.4) is 0 Å². The summed E-state index contributed by atoms with van der Waals surface area (Å²) in [6.45, 7) is 0. The van der Waals surface area contributed by atoms with Crippen molar-refractivity contribution in [1.29, 1.82) is 0 Å². The molecule has 0 aliphatic carbocycles. The lowest BCUT2D eigenvalue weighted by molar-refractivity contribution is 0.573. The number of aromatic amines is 1. The van der Waals surface area contributed by atoms with Crippen molar-refractivity contribution in [3.05, 3.63) is 167 Å². The maximum atomic E-state index is 16.0. The summed E-state index contributed by atoms with van der Waals surface area (Å²) in [5.41, 5.74) is 4.62. The zero-order chi connectivity index (χ0) is 26.7. The third kappa shape index (κ3) is 4.82. The van der Waals surface area contributed by atoms with Gasteiger partial charge in [-0.2, -0.15) is 5.10 Å². The normalized spacial score (nSPS) is 11.7. The van der Waals surface area contributed by atoms with Crippen LogP contribution in [0.4, 0.5) is 14.5 Å². The molecule has 39 heavy (non-hydrogen) atoms. The molecule has 6 rings (SSSR count). The summed E-state index contributed by atoms with van der Waals surface area (Å²) in [7, 11) is 0. The van der Waals surface area contributed by atoms with Crippen LogP contribution in [0, 0.1) is 11.6 Å². The Hall–Kier alpha value is -5.03. The van der Waals surface area contributed by atoms with E-state index in [2.05, 4.69) is 15.5 Å². The number of hydrogen-bond acceptors (Lipinski definition) is 2. The van der Waals surface area contributed by atoms with E-state index in [0.717, 1.165) is 38.8 Å². The number of nitrogens with one attached hydrogen (secondary N) is 2. The van der Waals surface area contributed by atoms with Crippen LogP contribution in [-0.4, -0.2) is 10.2 Å². The first-order chi connectivity index (χ1) is 19.1. The molecule has 0 fully saturated rings. The van der Waals surface area contributed by atoms with Gasteiger partial charge in [0.25, 0.3) is 0 Å². The van der Waals surface area contributed by atoms with E-state index < -0.39 is 5.54 Å². The minimum absolute atomic E-state index is 0.286. The highest BCUT2D eigenvalue weighted by atomic mass is 19.1. The molecule has 5 heteroatoms. The maximum absolute atomic E-state index is 16.0. The first-order valence-electron chi connectivity index (χ1n) is 12.7. The number of aromatic nitrogens is 2. The summed E-state index contributed by atoms with van der Waals surface area (Å²) >= 11 is 0. The number of fused-ring (bicyclic) bond motifs is 1. The largest absolute Gasteiger partial charge is 0.368 e. The summed E-state index contributed by atoms with van der Waals surface area (Å²) in [6, 6.07) is 37.1. The molecular formula is C34H25F2N3. The number of nitrogens with zero attached hydrogens (tertiary/aromatic N) is 1. The Balaban J connectivity index is 1.55. The highest BCUT2D eigenvalue weighted by Crippen LogP contribution is 2.42. The van der Waals surface area contributed by atoms with Crippen LogP contribution in [0.15, 0.2) is 128 Å². The van der Waals surface area contributed by atoms with Crippen molar-refractivity contribution < 1.29 is 8.78 Å². The van der Waals surface area contributed by atoms with Gasteiger partial charge in [-0.1, -0.05) is 91.0 Å². The molecule has 0 saturated carbocycles. The van der Waals surface area contributed by atoms with Gasteiger partial charge in [-0.25, -0.2) is 8.78 Å². The zero-order valence-electron chi connectivity index (χ0n) is 21.0. The highest BCUT2D eigenvalue weighted by Gasteiger charge is 2.39. The summed E-state index contributed by atoms with van der Waals surface area (Å²) in [5.74, 6) is -0.620. The van der Waals surface area contributed by atoms with E-state index in [1.54, 1.807) is 24.4 Å². The number of halogens is 2. The summed E-state index contributed by atoms with van der Waals surface area (Å²) < 4.78 is 29.4. The highest BCUT2D eigenvalue weighted by molar-refractivity contribution is 5.82. The standard InChI is InChI=1S/C34H25F2N3/c35-29-16-13-24(14-17-29)11-12-25-15-19-32(36)31(21-25)34(27-7-3-1-4-8-27,28-9-5-2-6-10-28)38-30-18-20-33-26(22-30)23-37-39-33/h1-23,38H,(H,37,39). The van der Waals surface area contributed by atoms with Gasteiger partial charge < -0.3 is 5.32 Å². The van der Waals surface area contributed by atoms with Crippen LogP contribution in [-0.2, 0) is 5.54 Å². The number of anilines is 1. The van der Waals surface area contributed by atoms with Crippen molar-refractivity contribution in [3.8, 4) is 0 Å². The SMILES string of the molecule is Fc1ccc(C=Cc2ccc(F)c(C(Nc3ccc4[nH]ncc4c3)(c3ccccc3)c3ccccc3)c2)cc1. The molecule has 0 aliphatic rings. The molecule has 0 saturated heterocycles. The van der Waals surface area contributed by atoms with Crippen molar-refractivity contribution in [1.82, 2.24) is 10.2 Å². The van der Waals surface area contributed by atoms with Gasteiger partial charge in [-0.3, -0.25) is 5.10 Å². The van der Waals surface area contributed by atoms with Crippen LogP contribution in [0.5, 0.6) is 0 Å². The number of benzene rings is 5. The van der Waals surface area contributed by atoms with E-state index in [-0.39, 0.29) is 11.6 Å². The lowest BCUT2D eigenvalue weighted by atomic mass is 9.76. The zero-order valence-corrected chi connectivity index (χ0v) is 21.0. The molecule has 6 aromatic rings. The van der Waals surface area contributed by atoms with Crippen molar-refractivity contribution in [2.45, 2.75) is 5.54 Å². The lowest BCUT2D eigenvalue weighted by Crippen LogP contribution is -2.39. The van der Waals surface area contributed by atoms with Gasteiger partial charge in [-0.05, 0) is 64.7 Å². The fourth-order valence-electron chi connectivity index (χ4n) is 5.00. The van der Waals surface area contributed by atoms with Crippen molar-refractivity contribution in [2.75, 3.05) is 5.32 Å². The monoisotopic (exact) mass is 513 g/mol. The van der Waals surface area contributed by atoms with Crippen LogP contribution in [0.2, 0.25) is 0 Å². The second kappa shape index (κ2) is 10.4. The molecule has 0 amide bonds. The summed E-state index contributed by atoms with van der Waals surface area (Å²) in [4.78, 5) is 0. The molecule has 0 bridgehead atoms. The average molecular weight is 514 g/mol. The minimum atomic E-state index is -1.05. The molecule has 3 nitrogen and oxygen atoms in total. The average Bonchev–Trinajstić information content (AvgIpc) is 3.45. The topological polar surface area (TPSA) is 40.7 Å². The van der Waals surface area contributed by atoms with Crippen molar-refractivity contribution >= 4 is 28.7 Å². The van der Waals surface area contributed by atoms with E-state index in [9.17, 15) is 4.39 Å². The van der Waals surface area contributed by atoms with Gasteiger partial charge in [0, 0.05) is 16.6 Å². The molecular weight excluding hydrogens is 488 g/mol. The fourth-order valence-corrected chi connectivity index (χ4v) is 5.00. The smallest absolute Gasteiger partial charge is 0.129 e. The van der Waals surface area contributed by atoms with E-state index in [1.165, 1.54) is 18.2 Å². The van der Waals surface area contributed by atoms with E-state index in [4.69, 9.17) is 0 Å². The Bertz CT molecular complexity index is 1700. The molecule has 1 aromatic heterocycles. The van der Waals surface area contributed by atoms with Gasteiger partial charge in [-0.15, -0.1) is 0 Å². The molecule has 190 valence electrons. The Morgan fingerprint density at radius 1 is 0.667 bits per heavy atom. The molecule has 0 radical (unpaired) electrons. The number of H-pyrrole nitrogens is 1. The van der Waals surface area contributed by atoms with Gasteiger partial charge in [0.2, 0.25) is 0 Å². The number of hydrogen-bond donors (Lipinski definition) is 2. The van der Waals surface area contributed by atoms with Gasteiger partial charge in [0.05, 0.1) is 11.7 Å². The van der Waals surface area contributed by atoms with Gasteiger partial charge in [0.1, 0.15) is 17.2 Å². The van der Waals surface area contributed by atoms with Gasteiger partial charge >= 0.3 is 0 Å². The first kappa shape index (κ1) is 24.3. The minimum Gasteiger partial charge on any atom is -0.368 e. The van der Waals surface area contributed by atoms with Crippen LogP contribution in [0.1, 0.15) is 27.8 Å².